The van der Waals surface area contributed by atoms with Gasteiger partial charge in [-0.3, -0.25) is 9.59 Å². The first-order valence-corrected chi connectivity index (χ1v) is 4.29. The van der Waals surface area contributed by atoms with Crippen LogP contribution in [0.4, 0.5) is 0 Å². The standard InChI is InChI=1S/C9H6O3S/c10-6-8-5-4-7(13-8)2-1-3-9(11)12/h4-6H,3H2,(H,11,12). The molecule has 13 heavy (non-hydrogen) atoms. The van der Waals surface area contributed by atoms with Crippen LogP contribution in [0.2, 0.25) is 0 Å². The smallest absolute Gasteiger partial charge is 0.315 e. The zero-order chi connectivity index (χ0) is 9.68. The summed E-state index contributed by atoms with van der Waals surface area (Å²) in [6, 6.07) is 3.35. The first kappa shape index (κ1) is 9.49. The third kappa shape index (κ3) is 3.09. The fourth-order valence-corrected chi connectivity index (χ4v) is 1.39. The number of rotatable bonds is 2. The Morgan fingerprint density at radius 1 is 1.62 bits per heavy atom. The van der Waals surface area contributed by atoms with E-state index < -0.39 is 5.97 Å². The van der Waals surface area contributed by atoms with Gasteiger partial charge in [0.2, 0.25) is 0 Å². The second-order valence-electron chi connectivity index (χ2n) is 2.19. The largest absolute Gasteiger partial charge is 0.481 e. The molecule has 0 aromatic carbocycles. The summed E-state index contributed by atoms with van der Waals surface area (Å²) in [5.74, 6) is 4.20. The minimum Gasteiger partial charge on any atom is -0.481 e. The lowest BCUT2D eigenvalue weighted by Crippen LogP contribution is -1.89. The molecular formula is C9H6O3S. The Hall–Kier alpha value is -1.60. The van der Waals surface area contributed by atoms with E-state index in [0.717, 1.165) is 6.29 Å². The Balaban J connectivity index is 2.66. The highest BCUT2D eigenvalue weighted by atomic mass is 32.1. The van der Waals surface area contributed by atoms with Crippen LogP contribution in [0.15, 0.2) is 12.1 Å². The number of carbonyl (C=O) groups excluding carboxylic acids is 1. The summed E-state index contributed by atoms with van der Waals surface area (Å²) < 4.78 is 0. The molecule has 1 aromatic heterocycles. The molecule has 0 aliphatic rings. The number of carboxylic acid groups (broad SMARTS) is 1. The van der Waals surface area contributed by atoms with Crippen LogP contribution >= 0.6 is 11.3 Å². The Morgan fingerprint density at radius 3 is 2.92 bits per heavy atom. The predicted molar refractivity (Wildman–Crippen MR) is 48.8 cm³/mol. The number of aliphatic carboxylic acids is 1. The van der Waals surface area contributed by atoms with Crippen molar-refractivity contribution in [3.63, 3.8) is 0 Å². The second kappa shape index (κ2) is 4.43. The third-order valence-corrected chi connectivity index (χ3v) is 2.12. The highest BCUT2D eigenvalue weighted by Gasteiger charge is 1.94. The Bertz CT molecular complexity index is 381. The second-order valence-corrected chi connectivity index (χ2v) is 3.31. The number of hydrogen-bond donors (Lipinski definition) is 1. The van der Waals surface area contributed by atoms with Crippen LogP contribution < -0.4 is 0 Å². The molecule has 0 fully saturated rings. The van der Waals surface area contributed by atoms with E-state index in [-0.39, 0.29) is 6.42 Å². The molecule has 3 nitrogen and oxygen atoms in total. The maximum atomic E-state index is 10.3. The van der Waals surface area contributed by atoms with E-state index in [0.29, 0.717) is 9.75 Å². The van der Waals surface area contributed by atoms with Crippen molar-refractivity contribution in [2.75, 3.05) is 0 Å². The number of carbonyl (C=O) groups is 2. The van der Waals surface area contributed by atoms with Crippen molar-refractivity contribution in [3.05, 3.63) is 21.9 Å². The fraction of sp³-hybridized carbons (Fsp3) is 0.111. The summed E-state index contributed by atoms with van der Waals surface area (Å²) in [5, 5.41) is 8.29. The number of aldehydes is 1. The maximum Gasteiger partial charge on any atom is 0.315 e. The van der Waals surface area contributed by atoms with Crippen LogP contribution in [-0.4, -0.2) is 17.4 Å². The summed E-state index contributed by atoms with van der Waals surface area (Å²) in [5.41, 5.74) is 0. The molecule has 0 aliphatic heterocycles. The lowest BCUT2D eigenvalue weighted by atomic mass is 10.4. The van der Waals surface area contributed by atoms with Gasteiger partial charge in [-0.2, -0.15) is 0 Å². The van der Waals surface area contributed by atoms with Crippen LogP contribution in [0.1, 0.15) is 21.0 Å². The van der Waals surface area contributed by atoms with Gasteiger partial charge in [-0.1, -0.05) is 11.8 Å². The summed E-state index contributed by atoms with van der Waals surface area (Å²) in [4.78, 5) is 21.7. The molecule has 0 bridgehead atoms. The monoisotopic (exact) mass is 194 g/mol. The topological polar surface area (TPSA) is 54.4 Å². The average molecular weight is 194 g/mol. The zero-order valence-corrected chi connectivity index (χ0v) is 7.43. The molecule has 1 N–H and O–H groups in total. The van der Waals surface area contributed by atoms with Crippen molar-refractivity contribution >= 4 is 23.6 Å². The van der Waals surface area contributed by atoms with Gasteiger partial charge in [0.25, 0.3) is 0 Å². The predicted octanol–water partition coefficient (Wildman–Crippen LogP) is 1.39. The molecule has 0 unspecified atom stereocenters. The highest BCUT2D eigenvalue weighted by molar-refractivity contribution is 7.14. The van der Waals surface area contributed by atoms with Gasteiger partial charge >= 0.3 is 5.97 Å². The van der Waals surface area contributed by atoms with Crippen molar-refractivity contribution in [3.8, 4) is 11.8 Å². The van der Waals surface area contributed by atoms with Crippen molar-refractivity contribution in [1.82, 2.24) is 0 Å². The summed E-state index contributed by atoms with van der Waals surface area (Å²) in [7, 11) is 0. The minimum atomic E-state index is -0.945. The lowest BCUT2D eigenvalue weighted by Gasteiger charge is -1.78. The first-order chi connectivity index (χ1) is 6.22. The molecule has 0 saturated carbocycles. The van der Waals surface area contributed by atoms with Gasteiger partial charge in [0.05, 0.1) is 9.75 Å². The van der Waals surface area contributed by atoms with Gasteiger partial charge in [-0.25, -0.2) is 0 Å². The van der Waals surface area contributed by atoms with Gasteiger partial charge in [0.15, 0.2) is 6.29 Å². The van der Waals surface area contributed by atoms with E-state index in [1.807, 2.05) is 0 Å². The van der Waals surface area contributed by atoms with E-state index in [9.17, 15) is 9.59 Å². The molecule has 1 aromatic rings. The Labute approximate surface area is 79.0 Å². The van der Waals surface area contributed by atoms with Gasteiger partial charge in [0, 0.05) is 0 Å². The van der Waals surface area contributed by atoms with Crippen LogP contribution in [0.25, 0.3) is 0 Å². The van der Waals surface area contributed by atoms with Crippen LogP contribution in [0, 0.1) is 11.8 Å². The molecule has 0 radical (unpaired) electrons. The molecule has 66 valence electrons. The molecule has 1 heterocycles. The van der Waals surface area contributed by atoms with E-state index in [4.69, 9.17) is 5.11 Å². The summed E-state index contributed by atoms with van der Waals surface area (Å²) in [6.07, 6.45) is 0.571. The van der Waals surface area contributed by atoms with Crippen LogP contribution in [0.5, 0.6) is 0 Å². The van der Waals surface area contributed by atoms with Gasteiger partial charge in [-0.05, 0) is 12.1 Å². The summed E-state index contributed by atoms with van der Waals surface area (Å²) >= 11 is 1.25. The van der Waals surface area contributed by atoms with Gasteiger partial charge < -0.3 is 5.11 Å². The first-order valence-electron chi connectivity index (χ1n) is 3.48. The molecule has 0 atom stereocenters. The minimum absolute atomic E-state index is 0.172. The van der Waals surface area contributed by atoms with E-state index >= 15 is 0 Å². The summed E-state index contributed by atoms with van der Waals surface area (Å²) in [6.45, 7) is 0. The SMILES string of the molecule is O=Cc1ccc(C#CCC(=O)O)s1. The zero-order valence-electron chi connectivity index (χ0n) is 6.61. The third-order valence-electron chi connectivity index (χ3n) is 1.19. The lowest BCUT2D eigenvalue weighted by molar-refractivity contribution is -0.135. The van der Waals surface area contributed by atoms with Crippen molar-refractivity contribution in [1.29, 1.82) is 0 Å². The van der Waals surface area contributed by atoms with E-state index in [1.54, 1.807) is 12.1 Å². The number of thiophene rings is 1. The normalized spacial score (nSPS) is 8.62. The highest BCUT2D eigenvalue weighted by Crippen LogP contribution is 2.12. The average Bonchev–Trinajstić information content (AvgIpc) is 2.52. The van der Waals surface area contributed by atoms with Crippen molar-refractivity contribution < 1.29 is 14.7 Å². The Morgan fingerprint density at radius 2 is 2.38 bits per heavy atom. The van der Waals surface area contributed by atoms with Crippen molar-refractivity contribution in [2.24, 2.45) is 0 Å². The molecular weight excluding hydrogens is 188 g/mol. The molecule has 0 aliphatic carbocycles. The maximum absolute atomic E-state index is 10.3. The number of hydrogen-bond acceptors (Lipinski definition) is 3. The molecule has 0 amide bonds. The molecule has 1 rings (SSSR count). The molecule has 4 heteroatoms. The molecule has 0 saturated heterocycles. The molecule has 0 spiro atoms. The van der Waals surface area contributed by atoms with Gasteiger partial charge in [-0.15, -0.1) is 11.3 Å². The van der Waals surface area contributed by atoms with E-state index in [1.165, 1.54) is 11.3 Å². The van der Waals surface area contributed by atoms with Gasteiger partial charge in [0.1, 0.15) is 6.42 Å². The van der Waals surface area contributed by atoms with Crippen molar-refractivity contribution in [2.45, 2.75) is 6.42 Å². The quantitative estimate of drug-likeness (QED) is 0.571. The van der Waals surface area contributed by atoms with E-state index in [2.05, 4.69) is 11.8 Å². The number of carboxylic acids is 1. The Kier molecular flexibility index (Phi) is 3.23. The van der Waals surface area contributed by atoms with Crippen LogP contribution in [0.3, 0.4) is 0 Å². The fourth-order valence-electron chi connectivity index (χ4n) is 0.690. The van der Waals surface area contributed by atoms with Crippen LogP contribution in [-0.2, 0) is 4.79 Å².